The van der Waals surface area contributed by atoms with Gasteiger partial charge in [0, 0.05) is 27.2 Å². The number of furan rings is 1. The van der Waals surface area contributed by atoms with E-state index in [9.17, 15) is 0 Å². The quantitative estimate of drug-likeness (QED) is 0.186. The van der Waals surface area contributed by atoms with E-state index in [2.05, 4.69) is 174 Å². The van der Waals surface area contributed by atoms with E-state index in [4.69, 9.17) is 4.42 Å². The Bertz CT molecular complexity index is 3000. The van der Waals surface area contributed by atoms with Crippen LogP contribution < -0.4 is 0 Å². The van der Waals surface area contributed by atoms with Crippen LogP contribution in [0.4, 0.5) is 0 Å². The molecule has 51 heavy (non-hydrogen) atoms. The lowest BCUT2D eigenvalue weighted by Gasteiger charge is -2.15. The minimum Gasteiger partial charge on any atom is -0.456 e. The van der Waals surface area contributed by atoms with Gasteiger partial charge in [-0.05, 0) is 111 Å². The summed E-state index contributed by atoms with van der Waals surface area (Å²) in [6, 6.07) is 64.0. The smallest absolute Gasteiger partial charge is 0.136 e. The van der Waals surface area contributed by atoms with Crippen LogP contribution in [0.3, 0.4) is 0 Å². The van der Waals surface area contributed by atoms with E-state index in [1.165, 1.54) is 88.5 Å². The average Bonchev–Trinajstić information content (AvgIpc) is 3.70. The van der Waals surface area contributed by atoms with E-state index < -0.39 is 0 Å². The summed E-state index contributed by atoms with van der Waals surface area (Å²) in [5, 5.41) is 4.87. The normalized spacial score (nSPS) is 12.2. The summed E-state index contributed by atoms with van der Waals surface area (Å²) in [5.41, 5.74) is 18.2. The molecule has 0 unspecified atom stereocenters. The monoisotopic (exact) mass is 649 g/mol. The van der Waals surface area contributed by atoms with Crippen molar-refractivity contribution in [2.45, 2.75) is 6.42 Å². The van der Waals surface area contributed by atoms with Crippen LogP contribution in [0.1, 0.15) is 11.1 Å². The first-order valence-corrected chi connectivity index (χ1v) is 17.6. The summed E-state index contributed by atoms with van der Waals surface area (Å²) in [5.74, 6) is 0. The van der Waals surface area contributed by atoms with Gasteiger partial charge in [-0.1, -0.05) is 127 Å². The average molecular weight is 650 g/mol. The van der Waals surface area contributed by atoms with Crippen molar-refractivity contribution in [1.29, 1.82) is 0 Å². The molecule has 10 aromatic rings. The second-order valence-corrected chi connectivity index (χ2v) is 13.6. The molecular weight excluding hydrogens is 619 g/mol. The largest absolute Gasteiger partial charge is 0.456 e. The molecule has 2 heterocycles. The SMILES string of the molecule is c1ccc(-n2c3ccccc3c3cc(-c4ccc5c(c4)-c4ccccc4-c4cccc(-c6cccc7oc8ccccc8c67)c4C5)ccc32)cc1. The van der Waals surface area contributed by atoms with Gasteiger partial charge in [0.15, 0.2) is 0 Å². The van der Waals surface area contributed by atoms with Gasteiger partial charge in [-0.3, -0.25) is 0 Å². The molecule has 0 saturated carbocycles. The maximum absolute atomic E-state index is 6.32. The third-order valence-electron chi connectivity index (χ3n) is 10.9. The zero-order valence-corrected chi connectivity index (χ0v) is 27.8. The number of aromatic nitrogens is 1. The Morgan fingerprint density at radius 1 is 0.392 bits per heavy atom. The molecule has 0 atom stereocenters. The molecule has 2 heteroatoms. The molecule has 238 valence electrons. The topological polar surface area (TPSA) is 18.1 Å². The Balaban J connectivity index is 1.09. The van der Waals surface area contributed by atoms with E-state index in [-0.39, 0.29) is 0 Å². The molecule has 2 nitrogen and oxygen atoms in total. The van der Waals surface area contributed by atoms with Gasteiger partial charge in [0.05, 0.1) is 11.0 Å². The number of benzene rings is 8. The van der Waals surface area contributed by atoms with E-state index in [0.29, 0.717) is 0 Å². The molecule has 0 N–H and O–H groups in total. The molecule has 11 rings (SSSR count). The van der Waals surface area contributed by atoms with Gasteiger partial charge in [-0.2, -0.15) is 0 Å². The zero-order chi connectivity index (χ0) is 33.5. The lowest BCUT2D eigenvalue weighted by Crippen LogP contribution is -1.95. The second kappa shape index (κ2) is 10.9. The first-order valence-electron chi connectivity index (χ1n) is 17.6. The van der Waals surface area contributed by atoms with Gasteiger partial charge >= 0.3 is 0 Å². The van der Waals surface area contributed by atoms with Gasteiger partial charge < -0.3 is 8.98 Å². The number of hydrogen-bond acceptors (Lipinski definition) is 1. The molecular formula is C49H31NO. The van der Waals surface area contributed by atoms with Crippen molar-refractivity contribution >= 4 is 43.7 Å². The maximum atomic E-state index is 6.32. The standard InChI is InChI=1S/C49H31NO/c1-2-12-34(13-3-1)50-45-21-8-6-16-39(45)44-29-32(26-27-46(44)50)31-24-25-33-30-43-37(35-14-4-5-15-36(35)42(33)28-31)18-10-19-38(43)40-20-11-23-48-49(40)41-17-7-9-22-47(41)51-48/h1-29H,30H2. The first kappa shape index (κ1) is 28.2. The summed E-state index contributed by atoms with van der Waals surface area (Å²) in [6.07, 6.45) is 0.839. The molecule has 0 saturated heterocycles. The molecule has 1 aliphatic rings. The van der Waals surface area contributed by atoms with Crippen LogP contribution in [-0.4, -0.2) is 4.57 Å². The van der Waals surface area contributed by atoms with Gasteiger partial charge in [-0.15, -0.1) is 0 Å². The molecule has 0 fully saturated rings. The van der Waals surface area contributed by atoms with E-state index in [1.807, 2.05) is 6.07 Å². The predicted molar refractivity (Wildman–Crippen MR) is 213 cm³/mol. The highest BCUT2D eigenvalue weighted by molar-refractivity contribution is 6.13. The molecule has 0 spiro atoms. The van der Waals surface area contributed by atoms with Crippen LogP contribution in [0.5, 0.6) is 0 Å². The fourth-order valence-electron chi connectivity index (χ4n) is 8.59. The van der Waals surface area contributed by atoms with Crippen LogP contribution in [0.25, 0.3) is 93.9 Å². The Kier molecular flexibility index (Phi) is 6.05. The maximum Gasteiger partial charge on any atom is 0.136 e. The lowest BCUT2D eigenvalue weighted by molar-refractivity contribution is 0.669. The summed E-state index contributed by atoms with van der Waals surface area (Å²) in [7, 11) is 0. The van der Waals surface area contributed by atoms with Crippen molar-refractivity contribution in [2.75, 3.05) is 0 Å². The minimum atomic E-state index is 0.839. The highest BCUT2D eigenvalue weighted by Crippen LogP contribution is 2.47. The molecule has 0 amide bonds. The molecule has 8 aromatic carbocycles. The molecule has 1 aliphatic carbocycles. The van der Waals surface area contributed by atoms with E-state index in [1.54, 1.807) is 0 Å². The number of nitrogens with zero attached hydrogens (tertiary/aromatic N) is 1. The number of para-hydroxylation sites is 3. The van der Waals surface area contributed by atoms with E-state index in [0.717, 1.165) is 23.0 Å². The van der Waals surface area contributed by atoms with Crippen LogP contribution in [0, 0.1) is 0 Å². The third kappa shape index (κ3) is 4.23. The van der Waals surface area contributed by atoms with Crippen molar-refractivity contribution in [3.05, 3.63) is 187 Å². The summed E-state index contributed by atoms with van der Waals surface area (Å²) < 4.78 is 8.70. The molecule has 0 aliphatic heterocycles. The van der Waals surface area contributed by atoms with Crippen LogP contribution in [0.2, 0.25) is 0 Å². The van der Waals surface area contributed by atoms with Gasteiger partial charge in [-0.25, -0.2) is 0 Å². The third-order valence-corrected chi connectivity index (χ3v) is 10.9. The van der Waals surface area contributed by atoms with Crippen LogP contribution >= 0.6 is 0 Å². The summed E-state index contributed by atoms with van der Waals surface area (Å²) >= 11 is 0. The van der Waals surface area contributed by atoms with Crippen molar-refractivity contribution < 1.29 is 4.42 Å². The fourth-order valence-corrected chi connectivity index (χ4v) is 8.59. The second-order valence-electron chi connectivity index (χ2n) is 13.6. The number of rotatable bonds is 3. The molecule has 0 radical (unpaired) electrons. The van der Waals surface area contributed by atoms with Gasteiger partial charge in [0.1, 0.15) is 11.2 Å². The fraction of sp³-hybridized carbons (Fsp3) is 0.0204. The zero-order valence-electron chi connectivity index (χ0n) is 27.8. The Hall–Kier alpha value is -6.64. The Morgan fingerprint density at radius 2 is 1.00 bits per heavy atom. The van der Waals surface area contributed by atoms with Crippen molar-refractivity contribution in [2.24, 2.45) is 0 Å². The Labute approximate surface area is 295 Å². The van der Waals surface area contributed by atoms with Gasteiger partial charge in [0.2, 0.25) is 0 Å². The summed E-state index contributed by atoms with van der Waals surface area (Å²) in [6.45, 7) is 0. The first-order chi connectivity index (χ1) is 25.3. The van der Waals surface area contributed by atoms with E-state index >= 15 is 0 Å². The number of hydrogen-bond donors (Lipinski definition) is 0. The molecule has 0 bridgehead atoms. The van der Waals surface area contributed by atoms with Crippen molar-refractivity contribution in [3.8, 4) is 50.2 Å². The molecule has 2 aromatic heterocycles. The van der Waals surface area contributed by atoms with Crippen LogP contribution in [0.15, 0.2) is 180 Å². The predicted octanol–water partition coefficient (Wildman–Crippen LogP) is 13.3. The summed E-state index contributed by atoms with van der Waals surface area (Å²) in [4.78, 5) is 0. The Morgan fingerprint density at radius 3 is 1.88 bits per heavy atom. The highest BCUT2D eigenvalue weighted by atomic mass is 16.3. The minimum absolute atomic E-state index is 0.839. The van der Waals surface area contributed by atoms with Gasteiger partial charge in [0.25, 0.3) is 0 Å². The highest BCUT2D eigenvalue weighted by Gasteiger charge is 2.24. The lowest BCUT2D eigenvalue weighted by atomic mass is 9.88. The van der Waals surface area contributed by atoms with Crippen LogP contribution in [-0.2, 0) is 6.42 Å². The number of fused-ring (bicyclic) bond motifs is 11. The van der Waals surface area contributed by atoms with Crippen molar-refractivity contribution in [1.82, 2.24) is 4.57 Å². The van der Waals surface area contributed by atoms with Crippen molar-refractivity contribution in [3.63, 3.8) is 0 Å².